The highest BCUT2D eigenvalue weighted by Crippen LogP contribution is 2.32. The summed E-state index contributed by atoms with van der Waals surface area (Å²) in [4.78, 5) is 12.2. The standard InChI is InChI=1S/C15H25N3O3/c1-10(11-4-6-16-7-5-11)17-18-15(19)12-2-3-13-14(8-12)21-9-20-13/h11-14,16H,2-9H2,1H3,(H,18,19)/b17-10+. The molecule has 3 unspecified atom stereocenters. The van der Waals surface area contributed by atoms with Crippen molar-refractivity contribution >= 4 is 11.6 Å². The van der Waals surface area contributed by atoms with Crippen molar-refractivity contribution < 1.29 is 14.3 Å². The van der Waals surface area contributed by atoms with Gasteiger partial charge in [0.25, 0.3) is 0 Å². The predicted molar refractivity (Wildman–Crippen MR) is 78.8 cm³/mol. The average Bonchev–Trinajstić information content (AvgIpc) is 3.00. The molecule has 1 amide bonds. The summed E-state index contributed by atoms with van der Waals surface area (Å²) in [6.45, 7) is 4.46. The van der Waals surface area contributed by atoms with E-state index < -0.39 is 0 Å². The number of carbonyl (C=O) groups is 1. The van der Waals surface area contributed by atoms with Crippen LogP contribution in [0.5, 0.6) is 0 Å². The van der Waals surface area contributed by atoms with Crippen LogP contribution in [0.1, 0.15) is 39.0 Å². The third-order valence-corrected chi connectivity index (χ3v) is 4.94. The van der Waals surface area contributed by atoms with Crippen molar-refractivity contribution in [3.05, 3.63) is 0 Å². The number of nitrogens with one attached hydrogen (secondary N) is 2. The van der Waals surface area contributed by atoms with Crippen LogP contribution in [0.2, 0.25) is 0 Å². The Morgan fingerprint density at radius 3 is 2.67 bits per heavy atom. The quantitative estimate of drug-likeness (QED) is 0.602. The lowest BCUT2D eigenvalue weighted by atomic mass is 9.85. The summed E-state index contributed by atoms with van der Waals surface area (Å²) < 4.78 is 11.0. The summed E-state index contributed by atoms with van der Waals surface area (Å²) in [6.07, 6.45) is 4.99. The van der Waals surface area contributed by atoms with Gasteiger partial charge >= 0.3 is 0 Å². The molecule has 0 aromatic heterocycles. The van der Waals surface area contributed by atoms with Crippen LogP contribution >= 0.6 is 0 Å². The number of nitrogens with zero attached hydrogens (tertiary/aromatic N) is 1. The largest absolute Gasteiger partial charge is 0.349 e. The number of rotatable bonds is 3. The molecule has 3 fully saturated rings. The highest BCUT2D eigenvalue weighted by Gasteiger charge is 2.38. The molecule has 6 heteroatoms. The summed E-state index contributed by atoms with van der Waals surface area (Å²) >= 11 is 0. The molecule has 6 nitrogen and oxygen atoms in total. The summed E-state index contributed by atoms with van der Waals surface area (Å²) in [5.74, 6) is 0.517. The minimum atomic E-state index is -0.00229. The molecule has 3 aliphatic rings. The maximum Gasteiger partial charge on any atom is 0.243 e. The van der Waals surface area contributed by atoms with E-state index in [0.29, 0.717) is 12.7 Å². The van der Waals surface area contributed by atoms with Crippen LogP contribution in [0.25, 0.3) is 0 Å². The van der Waals surface area contributed by atoms with Crippen molar-refractivity contribution in [1.82, 2.24) is 10.7 Å². The van der Waals surface area contributed by atoms with E-state index in [1.165, 1.54) is 0 Å². The lowest BCUT2D eigenvalue weighted by Crippen LogP contribution is -2.38. The molecule has 0 aromatic rings. The number of hydrogen-bond donors (Lipinski definition) is 2. The van der Waals surface area contributed by atoms with E-state index in [0.717, 1.165) is 50.9 Å². The van der Waals surface area contributed by atoms with E-state index >= 15 is 0 Å². The molecule has 3 atom stereocenters. The predicted octanol–water partition coefficient (Wildman–Crippen LogP) is 1.02. The van der Waals surface area contributed by atoms with Gasteiger partial charge in [-0.2, -0.15) is 5.10 Å². The van der Waals surface area contributed by atoms with E-state index in [2.05, 4.69) is 15.8 Å². The van der Waals surface area contributed by atoms with E-state index in [9.17, 15) is 4.79 Å². The Morgan fingerprint density at radius 1 is 1.10 bits per heavy atom. The summed E-state index contributed by atoms with van der Waals surface area (Å²) in [5.41, 5.74) is 3.80. The topological polar surface area (TPSA) is 72.0 Å². The highest BCUT2D eigenvalue weighted by molar-refractivity contribution is 5.86. The van der Waals surface area contributed by atoms with E-state index in [1.807, 2.05) is 6.92 Å². The summed E-state index contributed by atoms with van der Waals surface area (Å²) in [7, 11) is 0. The Kier molecular flexibility index (Phi) is 4.87. The molecular weight excluding hydrogens is 270 g/mol. The molecule has 0 spiro atoms. The monoisotopic (exact) mass is 295 g/mol. The van der Waals surface area contributed by atoms with Crippen molar-refractivity contribution in [3.8, 4) is 0 Å². The second-order valence-corrected chi connectivity index (χ2v) is 6.29. The van der Waals surface area contributed by atoms with Gasteiger partial charge in [0.1, 0.15) is 6.79 Å². The Labute approximate surface area is 125 Å². The normalized spacial score (nSPS) is 34.5. The number of piperidine rings is 1. The van der Waals surface area contributed by atoms with Gasteiger partial charge in [-0.1, -0.05) is 0 Å². The van der Waals surface area contributed by atoms with Crippen LogP contribution in [-0.2, 0) is 14.3 Å². The van der Waals surface area contributed by atoms with Crippen molar-refractivity contribution in [1.29, 1.82) is 0 Å². The molecule has 2 aliphatic heterocycles. The van der Waals surface area contributed by atoms with Gasteiger partial charge in [0.2, 0.25) is 5.91 Å². The van der Waals surface area contributed by atoms with Crippen molar-refractivity contribution in [2.45, 2.75) is 51.2 Å². The molecule has 2 saturated heterocycles. The van der Waals surface area contributed by atoms with Crippen molar-refractivity contribution in [2.24, 2.45) is 16.9 Å². The first kappa shape index (κ1) is 14.9. The van der Waals surface area contributed by atoms with Crippen molar-refractivity contribution in [3.63, 3.8) is 0 Å². The molecule has 2 N–H and O–H groups in total. The van der Waals surface area contributed by atoms with Crippen LogP contribution in [0.4, 0.5) is 0 Å². The molecule has 0 aromatic carbocycles. The first-order chi connectivity index (χ1) is 10.2. The van der Waals surface area contributed by atoms with E-state index in [-0.39, 0.29) is 24.0 Å². The van der Waals surface area contributed by atoms with Gasteiger partial charge in [-0.3, -0.25) is 4.79 Å². The Morgan fingerprint density at radius 2 is 1.86 bits per heavy atom. The maximum atomic E-state index is 12.2. The van der Waals surface area contributed by atoms with Crippen LogP contribution in [0, 0.1) is 11.8 Å². The Bertz CT molecular complexity index is 407. The first-order valence-electron chi connectivity index (χ1n) is 8.02. The molecule has 3 rings (SSSR count). The summed E-state index contributed by atoms with van der Waals surface area (Å²) in [6, 6.07) is 0. The van der Waals surface area contributed by atoms with E-state index in [1.54, 1.807) is 0 Å². The van der Waals surface area contributed by atoms with Gasteiger partial charge in [0.15, 0.2) is 0 Å². The fourth-order valence-electron chi connectivity index (χ4n) is 3.49. The van der Waals surface area contributed by atoms with Crippen LogP contribution < -0.4 is 10.7 Å². The van der Waals surface area contributed by atoms with Gasteiger partial charge in [0, 0.05) is 17.5 Å². The van der Waals surface area contributed by atoms with Gasteiger partial charge in [-0.15, -0.1) is 0 Å². The fraction of sp³-hybridized carbons (Fsp3) is 0.867. The zero-order valence-electron chi connectivity index (χ0n) is 12.6. The maximum absolute atomic E-state index is 12.2. The number of ether oxygens (including phenoxy) is 2. The fourth-order valence-corrected chi connectivity index (χ4v) is 3.49. The lowest BCUT2D eigenvalue weighted by molar-refractivity contribution is -0.127. The van der Waals surface area contributed by atoms with Gasteiger partial charge < -0.3 is 14.8 Å². The smallest absolute Gasteiger partial charge is 0.243 e. The number of amides is 1. The van der Waals surface area contributed by atoms with Crippen molar-refractivity contribution in [2.75, 3.05) is 19.9 Å². The molecule has 1 aliphatic carbocycles. The molecule has 2 heterocycles. The molecule has 1 saturated carbocycles. The third-order valence-electron chi connectivity index (χ3n) is 4.94. The number of carbonyl (C=O) groups excluding carboxylic acids is 1. The number of hydrazone groups is 1. The third kappa shape index (κ3) is 3.62. The highest BCUT2D eigenvalue weighted by atomic mass is 16.7. The molecule has 0 bridgehead atoms. The molecular formula is C15H25N3O3. The Balaban J connectivity index is 1.49. The minimum Gasteiger partial charge on any atom is -0.349 e. The molecule has 0 radical (unpaired) electrons. The minimum absolute atomic E-state index is 0.00229. The van der Waals surface area contributed by atoms with Gasteiger partial charge in [-0.25, -0.2) is 5.43 Å². The van der Waals surface area contributed by atoms with Gasteiger partial charge in [-0.05, 0) is 52.1 Å². The van der Waals surface area contributed by atoms with Crippen LogP contribution in [0.3, 0.4) is 0 Å². The second kappa shape index (κ2) is 6.85. The molecule has 21 heavy (non-hydrogen) atoms. The zero-order chi connectivity index (χ0) is 14.7. The molecule has 118 valence electrons. The Hall–Kier alpha value is -0.980. The number of fused-ring (bicyclic) bond motifs is 1. The average molecular weight is 295 g/mol. The number of hydrogen-bond acceptors (Lipinski definition) is 5. The van der Waals surface area contributed by atoms with Crippen LogP contribution in [0.15, 0.2) is 5.10 Å². The SMILES string of the molecule is C/C(=N\NC(=O)C1CCC2OCOC2C1)C1CCNCC1. The second-order valence-electron chi connectivity index (χ2n) is 6.29. The van der Waals surface area contributed by atoms with Gasteiger partial charge in [0.05, 0.1) is 12.2 Å². The van der Waals surface area contributed by atoms with E-state index in [4.69, 9.17) is 9.47 Å². The first-order valence-corrected chi connectivity index (χ1v) is 8.02. The summed E-state index contributed by atoms with van der Waals surface area (Å²) in [5, 5.41) is 7.67. The van der Waals surface area contributed by atoms with Crippen LogP contribution in [-0.4, -0.2) is 43.7 Å². The lowest BCUT2D eigenvalue weighted by Gasteiger charge is -2.28. The zero-order valence-corrected chi connectivity index (χ0v) is 12.6.